The molecule has 22 N–H and O–H groups in total. The third kappa shape index (κ3) is 36.4. The van der Waals surface area contributed by atoms with Crippen LogP contribution in [-0.4, -0.2) is 247 Å². The number of hydrogen-bond donors (Lipinski definition) is 20. The fourth-order valence-corrected chi connectivity index (χ4v) is 12.7. The second-order valence-corrected chi connectivity index (χ2v) is 37.1. The van der Waals surface area contributed by atoms with E-state index in [1.54, 1.807) is 55.4 Å². The van der Waals surface area contributed by atoms with E-state index in [1.807, 2.05) is 13.8 Å². The Kier molecular flexibility index (Phi) is 42.4. The summed E-state index contributed by atoms with van der Waals surface area (Å²) in [7, 11) is 0. The van der Waals surface area contributed by atoms with Gasteiger partial charge in [0, 0.05) is 26.3 Å². The molecule has 0 aromatic rings. The zero-order valence-electron chi connectivity index (χ0n) is 77.0. The van der Waals surface area contributed by atoms with Crippen molar-refractivity contribution in [3.8, 4) is 0 Å². The molecule has 0 spiro atoms. The van der Waals surface area contributed by atoms with Crippen LogP contribution in [0.25, 0.3) is 0 Å². The number of likely N-dealkylation sites (tertiary alicyclic amines) is 1. The van der Waals surface area contributed by atoms with E-state index >= 15 is 0 Å². The van der Waals surface area contributed by atoms with Crippen LogP contribution in [0.1, 0.15) is 257 Å². The number of nitrogens with one attached hydrogen (secondary N) is 17. The zero-order chi connectivity index (χ0) is 95.4. The predicted octanol–water partition coefficient (Wildman–Crippen LogP) is -2.71. The van der Waals surface area contributed by atoms with Crippen LogP contribution in [0.4, 0.5) is 0 Å². The molecule has 1 rings (SSSR count). The number of rotatable bonds is 51. The minimum atomic E-state index is -1.85. The maximum absolute atomic E-state index is 14.5. The molecular weight excluding hydrogens is 1600 g/mol. The summed E-state index contributed by atoms with van der Waals surface area (Å²) in [6.45, 7) is 37.4. The second kappa shape index (κ2) is 47.3. The Balaban J connectivity index is 3.26. The molecule has 0 radical (unpaired) electrons. The van der Waals surface area contributed by atoms with Gasteiger partial charge in [-0.1, -0.05) is 69.2 Å². The van der Waals surface area contributed by atoms with Crippen molar-refractivity contribution in [2.24, 2.45) is 35.1 Å². The molecule has 1 saturated heterocycles. The summed E-state index contributed by atoms with van der Waals surface area (Å²) in [5.74, 6) is -16.7. The number of amides is 20. The SMILES string of the molecule is CC[C@](C)(NC(=O)CNC(=O)C(C)(C)NC(=O)[C@H](CC(C)C)NC(=O)[C@](C)(CC)NC(=O)[C@H](CCC(N)=O)NC(=O)C(C)(C)NC(=O)[C@H](CC(C)C)NC(=O)[C@H](C)NC(=O)CNC(=O)C(C)(C)NC(C)=O)C(=O)NC(C)(C)C(=O)N1CCC[C@H]1C(=O)N[C@@H](CC(C)C)C(=O)NC(C)(C)C(=O)NC(C)(C)C(=O)N[C@@H](CCC(N)=O)C(=O)NC(CO)CC(C)C. The monoisotopic (exact) mass is 1750 g/mol. The number of aliphatic hydroxyl groups excluding tert-OH is 1. The Morgan fingerprint density at radius 1 is 0.374 bits per heavy atom. The summed E-state index contributed by atoms with van der Waals surface area (Å²) < 4.78 is 0. The summed E-state index contributed by atoms with van der Waals surface area (Å²) in [5.41, 5.74) is -2.98. The van der Waals surface area contributed by atoms with Crippen LogP contribution in [-0.2, 0) is 95.9 Å². The summed E-state index contributed by atoms with van der Waals surface area (Å²) in [4.78, 5) is 273. The number of carbonyl (C=O) groups is 20. The van der Waals surface area contributed by atoms with Gasteiger partial charge in [-0.05, 0) is 192 Å². The molecule has 123 heavy (non-hydrogen) atoms. The predicted molar refractivity (Wildman–Crippen MR) is 454 cm³/mol. The third-order valence-electron chi connectivity index (χ3n) is 20.6. The fourth-order valence-electron chi connectivity index (χ4n) is 12.7. The van der Waals surface area contributed by atoms with Crippen LogP contribution in [0.2, 0.25) is 0 Å². The average molecular weight is 1750 g/mol. The minimum Gasteiger partial charge on any atom is -0.394 e. The van der Waals surface area contributed by atoms with E-state index in [2.05, 4.69) is 90.4 Å². The van der Waals surface area contributed by atoms with E-state index in [9.17, 15) is 101 Å². The summed E-state index contributed by atoms with van der Waals surface area (Å²) >= 11 is 0. The van der Waals surface area contributed by atoms with E-state index in [-0.39, 0.29) is 81.6 Å². The van der Waals surface area contributed by atoms with Crippen molar-refractivity contribution in [2.75, 3.05) is 26.2 Å². The van der Waals surface area contributed by atoms with Crippen LogP contribution < -0.4 is 102 Å². The van der Waals surface area contributed by atoms with E-state index in [0.29, 0.717) is 12.8 Å². The number of primary amides is 2. The first-order valence-corrected chi connectivity index (χ1v) is 41.9. The molecule has 0 aliphatic carbocycles. The standard InChI is InChI=1S/C82H144N20O21/c1-27-81(25,99-62(111)51(32-34-57(84)106)92-69(118)77(17,18)97-63(112)52(37-44(5)6)89-60(109)47(11)87-58(107)40-85-67(116)75(13,14)94-48(12)104)72(121)93-54(39-46(9)10)65(114)96-76(15,16)68(117)86-41-59(108)95-82(26,28-2)73(122)101-80(23,24)74(123)102-35-29-30-55(102)66(115)90-53(38-45(7)8)64(113)98-79(21,22)71(120)100-78(19,20)70(119)91-50(31-33-56(83)105)61(110)88-49(42-103)36-43(3)4/h43-47,49-55,103H,27-42H2,1-26H3,(H2,83,105)(H2,84,106)(H,85,116)(H,86,117)(H,87,107)(H,88,110)(H,89,109)(H,90,115)(H,91,119)(H,92,118)(H,93,121)(H,94,104)(H,95,108)(H,96,114)(H,97,112)(H,98,113)(H,99,111)(H,100,120)(H,101,122)/t47-,49?,50-,51-,52-,53-,54-,55-,81-,82-/m0/s1. The lowest BCUT2D eigenvalue weighted by molar-refractivity contribution is -0.146. The zero-order valence-corrected chi connectivity index (χ0v) is 77.0. The van der Waals surface area contributed by atoms with Crippen molar-refractivity contribution in [2.45, 2.75) is 350 Å². The Hall–Kier alpha value is -10.6. The summed E-state index contributed by atoms with van der Waals surface area (Å²) in [5, 5.41) is 53.7. The van der Waals surface area contributed by atoms with Crippen LogP contribution in [0.15, 0.2) is 0 Å². The van der Waals surface area contributed by atoms with Gasteiger partial charge in [0.1, 0.15) is 86.6 Å². The number of carbonyl (C=O) groups excluding carboxylic acids is 20. The normalized spacial score (nSPS) is 15.9. The molecule has 1 heterocycles. The van der Waals surface area contributed by atoms with Gasteiger partial charge >= 0.3 is 0 Å². The van der Waals surface area contributed by atoms with Crippen LogP contribution in [0, 0.1) is 23.7 Å². The molecule has 20 amide bonds. The molecule has 0 aromatic heterocycles. The molecule has 1 fully saturated rings. The molecule has 0 aromatic carbocycles. The highest BCUT2D eigenvalue weighted by molar-refractivity contribution is 6.04. The number of aliphatic hydroxyl groups is 1. The lowest BCUT2D eigenvalue weighted by Gasteiger charge is -2.37. The van der Waals surface area contributed by atoms with Gasteiger partial charge in [-0.3, -0.25) is 95.9 Å². The number of nitrogens with two attached hydrogens (primary N) is 2. The molecule has 0 bridgehead atoms. The summed E-state index contributed by atoms with van der Waals surface area (Å²) in [6, 6.07) is -9.84. The van der Waals surface area contributed by atoms with Gasteiger partial charge in [-0.15, -0.1) is 0 Å². The maximum atomic E-state index is 14.5. The maximum Gasteiger partial charge on any atom is 0.248 e. The Bertz CT molecular complexity index is 3840. The molecule has 1 aliphatic heterocycles. The van der Waals surface area contributed by atoms with Crippen molar-refractivity contribution < 1.29 is 101 Å². The van der Waals surface area contributed by atoms with Crippen molar-refractivity contribution in [1.82, 2.24) is 95.3 Å². The van der Waals surface area contributed by atoms with E-state index in [0.717, 1.165) is 0 Å². The van der Waals surface area contributed by atoms with Crippen LogP contribution in [0.5, 0.6) is 0 Å². The van der Waals surface area contributed by atoms with Crippen LogP contribution in [0.3, 0.4) is 0 Å². The topological polar surface area (TPSA) is 621 Å². The lowest BCUT2D eigenvalue weighted by Crippen LogP contribution is -2.66. The minimum absolute atomic E-state index is 0.0159. The average Bonchev–Trinajstić information content (AvgIpc) is 1.73. The van der Waals surface area contributed by atoms with Gasteiger partial charge in [0.05, 0.1) is 25.7 Å². The van der Waals surface area contributed by atoms with Gasteiger partial charge < -0.3 is 112 Å². The smallest absolute Gasteiger partial charge is 0.248 e. The van der Waals surface area contributed by atoms with E-state index in [4.69, 9.17) is 11.5 Å². The van der Waals surface area contributed by atoms with Gasteiger partial charge in [-0.2, -0.15) is 0 Å². The molecule has 698 valence electrons. The lowest BCUT2D eigenvalue weighted by atomic mass is 9.94. The third-order valence-corrected chi connectivity index (χ3v) is 20.6. The highest BCUT2D eigenvalue weighted by Crippen LogP contribution is 2.25. The largest absolute Gasteiger partial charge is 0.394 e. The van der Waals surface area contributed by atoms with Crippen molar-refractivity contribution in [3.05, 3.63) is 0 Å². The Morgan fingerprint density at radius 2 is 0.740 bits per heavy atom. The molecule has 0 saturated carbocycles. The first-order valence-electron chi connectivity index (χ1n) is 41.9. The Labute approximate surface area is 722 Å². The van der Waals surface area contributed by atoms with Gasteiger partial charge in [0.2, 0.25) is 118 Å². The van der Waals surface area contributed by atoms with Crippen LogP contribution >= 0.6 is 0 Å². The molecular formula is C82H144N20O21. The number of nitrogens with zero attached hydrogens (tertiary/aromatic N) is 1. The van der Waals surface area contributed by atoms with Gasteiger partial charge in [0.15, 0.2) is 0 Å². The highest BCUT2D eigenvalue weighted by Gasteiger charge is 2.48. The summed E-state index contributed by atoms with van der Waals surface area (Å²) in [6.07, 6.45) is -0.510. The first-order chi connectivity index (χ1) is 56.2. The van der Waals surface area contributed by atoms with Crippen molar-refractivity contribution >= 4 is 118 Å². The molecule has 1 aliphatic rings. The quantitative estimate of drug-likeness (QED) is 0.0294. The Morgan fingerprint density at radius 3 is 1.16 bits per heavy atom. The molecule has 1 unspecified atom stereocenters. The van der Waals surface area contributed by atoms with Crippen molar-refractivity contribution in [3.63, 3.8) is 0 Å². The van der Waals surface area contributed by atoms with E-state index < -0.39 is 243 Å². The number of hydrogen-bond acceptors (Lipinski definition) is 21. The molecule has 10 atom stereocenters. The first kappa shape index (κ1) is 110. The highest BCUT2D eigenvalue weighted by atomic mass is 16.3. The van der Waals surface area contributed by atoms with Gasteiger partial charge in [0.25, 0.3) is 0 Å². The van der Waals surface area contributed by atoms with Gasteiger partial charge in [-0.25, -0.2) is 0 Å². The fraction of sp³-hybridized carbons (Fsp3) is 0.756. The van der Waals surface area contributed by atoms with E-state index in [1.165, 1.54) is 116 Å². The molecule has 41 nitrogen and oxygen atoms in total. The van der Waals surface area contributed by atoms with Crippen molar-refractivity contribution in [1.29, 1.82) is 0 Å². The second-order valence-electron chi connectivity index (χ2n) is 37.1. The molecule has 41 heteroatoms.